The Morgan fingerprint density at radius 2 is 2.09 bits per heavy atom. The molecule has 2 saturated heterocycles. The number of rotatable bonds is 6. The molecule has 2 aliphatic heterocycles. The fourth-order valence-electron chi connectivity index (χ4n) is 5.24. The smallest absolute Gasteiger partial charge is 0.170 e. The third-order valence-corrected chi connectivity index (χ3v) is 7.38. The third-order valence-electron chi connectivity index (χ3n) is 6.79. The van der Waals surface area contributed by atoms with E-state index in [1.54, 1.807) is 7.11 Å². The Labute approximate surface area is 210 Å². The summed E-state index contributed by atoms with van der Waals surface area (Å²) in [6.45, 7) is 5.82. The van der Waals surface area contributed by atoms with Gasteiger partial charge in [0.1, 0.15) is 5.75 Å². The quantitative estimate of drug-likeness (QED) is 0.467. The molecule has 1 N–H and O–H groups in total. The van der Waals surface area contributed by atoms with Gasteiger partial charge in [0.2, 0.25) is 0 Å². The van der Waals surface area contributed by atoms with Crippen molar-refractivity contribution in [3.8, 4) is 11.4 Å². The first-order valence-electron chi connectivity index (χ1n) is 11.6. The number of aryl methyl sites for hydroxylation is 1. The minimum absolute atomic E-state index is 0.0169. The Bertz CT molecular complexity index is 1190. The molecule has 3 atom stereocenters. The van der Waals surface area contributed by atoms with Gasteiger partial charge in [-0.25, -0.2) is 0 Å². The first kappa shape index (κ1) is 23.1. The van der Waals surface area contributed by atoms with Gasteiger partial charge in [-0.15, -0.1) is 0 Å². The van der Waals surface area contributed by atoms with Crippen LogP contribution >= 0.6 is 23.8 Å². The molecule has 8 heteroatoms. The predicted molar refractivity (Wildman–Crippen MR) is 138 cm³/mol. The molecule has 0 bridgehead atoms. The van der Waals surface area contributed by atoms with Crippen molar-refractivity contribution < 1.29 is 9.47 Å². The van der Waals surface area contributed by atoms with Gasteiger partial charge in [0, 0.05) is 35.8 Å². The highest BCUT2D eigenvalue weighted by molar-refractivity contribution is 7.80. The maximum atomic E-state index is 6.38. The highest BCUT2D eigenvalue weighted by Crippen LogP contribution is 2.42. The summed E-state index contributed by atoms with van der Waals surface area (Å²) in [6, 6.07) is 13.9. The van der Waals surface area contributed by atoms with Gasteiger partial charge < -0.3 is 24.3 Å². The number of methoxy groups -OCH3 is 1. The van der Waals surface area contributed by atoms with Crippen LogP contribution < -0.4 is 10.1 Å². The van der Waals surface area contributed by atoms with Crippen LogP contribution in [0.25, 0.3) is 5.69 Å². The van der Waals surface area contributed by atoms with E-state index in [0.29, 0.717) is 5.02 Å². The van der Waals surface area contributed by atoms with E-state index in [-0.39, 0.29) is 18.2 Å². The van der Waals surface area contributed by atoms with E-state index in [1.807, 2.05) is 36.5 Å². The van der Waals surface area contributed by atoms with Crippen molar-refractivity contribution in [3.63, 3.8) is 0 Å². The Balaban J connectivity index is 1.62. The molecule has 0 aliphatic carbocycles. The molecule has 3 aromatic rings. The van der Waals surface area contributed by atoms with Crippen molar-refractivity contribution in [2.24, 2.45) is 0 Å². The van der Waals surface area contributed by atoms with Crippen LogP contribution in [0.15, 0.2) is 48.7 Å². The number of hydrogen-bond acceptors (Lipinski definition) is 4. The minimum atomic E-state index is -0.0645. The highest BCUT2D eigenvalue weighted by atomic mass is 35.5. The molecule has 2 aromatic heterocycles. The molecule has 5 rings (SSSR count). The Morgan fingerprint density at radius 3 is 2.79 bits per heavy atom. The van der Waals surface area contributed by atoms with Crippen LogP contribution in [0.1, 0.15) is 47.6 Å². The monoisotopic (exact) mass is 496 g/mol. The van der Waals surface area contributed by atoms with Crippen LogP contribution in [0.3, 0.4) is 0 Å². The summed E-state index contributed by atoms with van der Waals surface area (Å²) in [6.07, 6.45) is 4.16. The van der Waals surface area contributed by atoms with Gasteiger partial charge in [0.15, 0.2) is 5.11 Å². The number of aromatic nitrogens is 2. The first-order chi connectivity index (χ1) is 16.5. The van der Waals surface area contributed by atoms with E-state index in [1.165, 1.54) is 5.56 Å². The van der Waals surface area contributed by atoms with Crippen molar-refractivity contribution in [1.29, 1.82) is 0 Å². The van der Waals surface area contributed by atoms with Crippen LogP contribution in [0.5, 0.6) is 5.75 Å². The second-order valence-corrected chi connectivity index (χ2v) is 9.72. The van der Waals surface area contributed by atoms with E-state index in [9.17, 15) is 0 Å². The van der Waals surface area contributed by atoms with Crippen molar-refractivity contribution in [2.75, 3.05) is 20.3 Å². The topological polar surface area (TPSA) is 51.5 Å². The standard InChI is InChI=1S/C26H29ClN4O2S/c1-16-13-20(17(2)31(16)22-14-18(27)9-10-23(22)32-3)25-24(21-8-4-5-11-28-21)29-26(34)30(25)15-19-7-6-12-33-19/h4-5,8-11,13-14,19,24-25H,6-7,12,15H2,1-3H3,(H,29,34)/t19-,24-,25+/m0/s1. The SMILES string of the molecule is COc1ccc(Cl)cc1-n1c(C)cc([C@@H]2[C@H](c3ccccn3)NC(=S)N2C[C@@H]2CCCO2)c1C. The molecule has 0 saturated carbocycles. The van der Waals surface area contributed by atoms with Crippen molar-refractivity contribution in [3.05, 3.63) is 76.3 Å². The zero-order chi connectivity index (χ0) is 23.8. The van der Waals surface area contributed by atoms with Gasteiger partial charge in [0.25, 0.3) is 0 Å². The number of thiocarbonyl (C=S) groups is 1. The molecular formula is C26H29ClN4O2S. The average molecular weight is 497 g/mol. The van der Waals surface area contributed by atoms with Gasteiger partial charge in [-0.2, -0.15) is 0 Å². The van der Waals surface area contributed by atoms with Gasteiger partial charge in [-0.3, -0.25) is 4.98 Å². The lowest BCUT2D eigenvalue weighted by Gasteiger charge is -2.30. The highest BCUT2D eigenvalue weighted by Gasteiger charge is 2.42. The maximum Gasteiger partial charge on any atom is 0.170 e. The number of pyridine rings is 1. The van der Waals surface area contributed by atoms with Gasteiger partial charge in [-0.1, -0.05) is 17.7 Å². The molecule has 0 amide bonds. The van der Waals surface area contributed by atoms with Crippen LogP contribution in [0.2, 0.25) is 5.02 Å². The van der Waals surface area contributed by atoms with Crippen LogP contribution in [0, 0.1) is 13.8 Å². The molecule has 34 heavy (non-hydrogen) atoms. The van der Waals surface area contributed by atoms with Gasteiger partial charge in [0.05, 0.1) is 36.7 Å². The summed E-state index contributed by atoms with van der Waals surface area (Å²) in [5.41, 5.74) is 5.30. The number of hydrogen-bond donors (Lipinski definition) is 1. The summed E-state index contributed by atoms with van der Waals surface area (Å²) in [5.74, 6) is 0.773. The van der Waals surface area contributed by atoms with Crippen LogP contribution in [-0.4, -0.2) is 45.9 Å². The van der Waals surface area contributed by atoms with E-state index in [2.05, 4.69) is 45.7 Å². The summed E-state index contributed by atoms with van der Waals surface area (Å²) in [7, 11) is 1.68. The van der Waals surface area contributed by atoms with Gasteiger partial charge >= 0.3 is 0 Å². The second-order valence-electron chi connectivity index (χ2n) is 8.89. The maximum absolute atomic E-state index is 6.38. The largest absolute Gasteiger partial charge is 0.495 e. The van der Waals surface area contributed by atoms with E-state index >= 15 is 0 Å². The summed E-state index contributed by atoms with van der Waals surface area (Å²) in [5, 5.41) is 4.96. The average Bonchev–Trinajstić information content (AvgIpc) is 3.53. The van der Waals surface area contributed by atoms with E-state index in [4.69, 9.17) is 33.3 Å². The van der Waals surface area contributed by atoms with Crippen molar-refractivity contribution in [1.82, 2.24) is 19.8 Å². The lowest BCUT2D eigenvalue weighted by Crippen LogP contribution is -2.36. The molecule has 0 unspecified atom stereocenters. The molecule has 2 aliphatic rings. The normalized spacial score (nSPS) is 22.3. The zero-order valence-electron chi connectivity index (χ0n) is 19.6. The zero-order valence-corrected chi connectivity index (χ0v) is 21.2. The summed E-state index contributed by atoms with van der Waals surface area (Å²) < 4.78 is 13.9. The third kappa shape index (κ3) is 4.17. The molecule has 1 aromatic carbocycles. The summed E-state index contributed by atoms with van der Waals surface area (Å²) >= 11 is 12.2. The summed E-state index contributed by atoms with van der Waals surface area (Å²) in [4.78, 5) is 6.95. The molecule has 6 nitrogen and oxygen atoms in total. The lowest BCUT2D eigenvalue weighted by molar-refractivity contribution is 0.0842. The van der Waals surface area contributed by atoms with E-state index < -0.39 is 0 Å². The number of benzene rings is 1. The van der Waals surface area contributed by atoms with Crippen molar-refractivity contribution in [2.45, 2.75) is 44.9 Å². The number of nitrogens with zero attached hydrogens (tertiary/aromatic N) is 3. The van der Waals surface area contributed by atoms with Crippen LogP contribution in [0.4, 0.5) is 0 Å². The molecule has 0 spiro atoms. The molecule has 2 fully saturated rings. The van der Waals surface area contributed by atoms with Crippen LogP contribution in [-0.2, 0) is 4.74 Å². The molecule has 0 radical (unpaired) electrons. The molecular weight excluding hydrogens is 468 g/mol. The fourth-order valence-corrected chi connectivity index (χ4v) is 5.73. The number of ether oxygens (including phenoxy) is 2. The Kier molecular flexibility index (Phi) is 6.51. The van der Waals surface area contributed by atoms with Gasteiger partial charge in [-0.05, 0) is 80.9 Å². The fraction of sp³-hybridized carbons (Fsp3) is 0.385. The Morgan fingerprint density at radius 1 is 1.24 bits per heavy atom. The number of halogens is 1. The second kappa shape index (κ2) is 9.56. The first-order valence-corrected chi connectivity index (χ1v) is 12.4. The molecule has 4 heterocycles. The Hall–Kier alpha value is -2.61. The number of nitrogens with one attached hydrogen (secondary N) is 1. The molecule has 178 valence electrons. The minimum Gasteiger partial charge on any atom is -0.495 e. The van der Waals surface area contributed by atoms with E-state index in [0.717, 1.165) is 59.6 Å². The van der Waals surface area contributed by atoms with Crippen molar-refractivity contribution >= 4 is 28.9 Å². The predicted octanol–water partition coefficient (Wildman–Crippen LogP) is 5.30. The lowest BCUT2D eigenvalue weighted by atomic mass is 9.96.